The maximum absolute atomic E-state index is 12.9. The summed E-state index contributed by atoms with van der Waals surface area (Å²) in [5.41, 5.74) is -0.00800. The predicted molar refractivity (Wildman–Crippen MR) is 82.7 cm³/mol. The van der Waals surface area contributed by atoms with E-state index in [2.05, 4.69) is 4.98 Å². The van der Waals surface area contributed by atoms with Gasteiger partial charge in [-0.25, -0.2) is 4.98 Å². The second-order valence-electron chi connectivity index (χ2n) is 5.15. The second-order valence-corrected chi connectivity index (χ2v) is 5.15. The molecule has 1 aromatic heterocycles. The topological polar surface area (TPSA) is 52.3 Å². The van der Waals surface area contributed by atoms with Crippen LogP contribution >= 0.6 is 0 Å². The van der Waals surface area contributed by atoms with Gasteiger partial charge in [0, 0.05) is 5.56 Å². The van der Waals surface area contributed by atoms with Crippen molar-refractivity contribution in [2.24, 2.45) is 0 Å². The summed E-state index contributed by atoms with van der Waals surface area (Å²) >= 11 is 0. The first-order chi connectivity index (χ1) is 11.9. The van der Waals surface area contributed by atoms with Crippen LogP contribution in [0.5, 0.6) is 5.75 Å². The summed E-state index contributed by atoms with van der Waals surface area (Å²) in [5, 5.41) is 0. The molecule has 0 saturated carbocycles. The molecule has 0 fully saturated rings. The van der Waals surface area contributed by atoms with Crippen molar-refractivity contribution in [3.63, 3.8) is 0 Å². The number of nitrogens with zero attached hydrogens (tertiary/aromatic N) is 1. The molecule has 3 rings (SSSR count). The van der Waals surface area contributed by atoms with Gasteiger partial charge in [-0.15, -0.1) is 0 Å². The van der Waals surface area contributed by atoms with Crippen LogP contribution in [-0.2, 0) is 17.4 Å². The fraction of sp³-hybridized carbons (Fsp3) is 0.111. The highest BCUT2D eigenvalue weighted by atomic mass is 19.4. The number of hydrogen-bond acceptors (Lipinski definition) is 4. The van der Waals surface area contributed by atoms with Crippen molar-refractivity contribution in [3.8, 4) is 17.2 Å². The van der Waals surface area contributed by atoms with Crippen LogP contribution in [0.15, 0.2) is 65.3 Å². The lowest BCUT2D eigenvalue weighted by Gasteiger charge is -2.11. The minimum atomic E-state index is -4.61. The molecule has 0 N–H and O–H groups in total. The Morgan fingerprint density at radius 2 is 1.72 bits per heavy atom. The van der Waals surface area contributed by atoms with Crippen LogP contribution in [0.4, 0.5) is 13.2 Å². The Balaban J connectivity index is 1.71. The number of carbonyl (C=O) groups is 1. The van der Waals surface area contributed by atoms with Crippen LogP contribution in [0.3, 0.4) is 0 Å². The maximum atomic E-state index is 12.9. The molecular formula is C18H12F3NO3. The zero-order chi connectivity index (χ0) is 17.9. The molecule has 2 aromatic carbocycles. The lowest BCUT2D eigenvalue weighted by atomic mass is 10.2. The molecule has 0 unspecified atom stereocenters. The van der Waals surface area contributed by atoms with Crippen LogP contribution in [0.1, 0.15) is 11.3 Å². The summed E-state index contributed by atoms with van der Waals surface area (Å²) in [4.78, 5) is 16.1. The van der Waals surface area contributed by atoms with Gasteiger partial charge in [0.05, 0.1) is 17.7 Å². The van der Waals surface area contributed by atoms with Gasteiger partial charge in [-0.2, -0.15) is 13.2 Å². The highest BCUT2D eigenvalue weighted by molar-refractivity contribution is 5.75. The first-order valence-corrected chi connectivity index (χ1v) is 7.30. The Labute approximate surface area is 140 Å². The normalized spacial score (nSPS) is 11.3. The minimum Gasteiger partial charge on any atom is -0.444 e. The summed E-state index contributed by atoms with van der Waals surface area (Å²) in [6.07, 6.45) is -3.63. The molecule has 4 nitrogen and oxygen atoms in total. The van der Waals surface area contributed by atoms with Crippen molar-refractivity contribution in [1.29, 1.82) is 0 Å². The fourth-order valence-electron chi connectivity index (χ4n) is 2.20. The van der Waals surface area contributed by atoms with Crippen molar-refractivity contribution < 1.29 is 27.1 Å². The van der Waals surface area contributed by atoms with Crippen LogP contribution in [0, 0.1) is 0 Å². The van der Waals surface area contributed by atoms with Gasteiger partial charge in [0.15, 0.2) is 0 Å². The monoisotopic (exact) mass is 347 g/mol. The molecule has 0 aliphatic heterocycles. The Bertz CT molecular complexity index is 873. The largest absolute Gasteiger partial charge is 0.444 e. The number of aromatic nitrogens is 1. The van der Waals surface area contributed by atoms with Crippen LogP contribution < -0.4 is 4.74 Å². The number of alkyl halides is 3. The Morgan fingerprint density at radius 3 is 2.44 bits per heavy atom. The van der Waals surface area contributed by atoms with Crippen molar-refractivity contribution in [3.05, 3.63) is 72.1 Å². The molecule has 0 amide bonds. The van der Waals surface area contributed by atoms with Crippen molar-refractivity contribution in [2.45, 2.75) is 12.6 Å². The first kappa shape index (κ1) is 16.8. The van der Waals surface area contributed by atoms with Crippen LogP contribution in [-0.4, -0.2) is 11.0 Å². The molecule has 0 bridgehead atoms. The van der Waals surface area contributed by atoms with Gasteiger partial charge in [0.25, 0.3) is 0 Å². The lowest BCUT2D eigenvalue weighted by molar-refractivity contribution is -0.142. The summed E-state index contributed by atoms with van der Waals surface area (Å²) in [6.45, 7) is 0. The molecule has 25 heavy (non-hydrogen) atoms. The third-order valence-electron chi connectivity index (χ3n) is 3.31. The van der Waals surface area contributed by atoms with Gasteiger partial charge in [0.1, 0.15) is 12.0 Å². The number of rotatable bonds is 4. The number of halogens is 3. The average Bonchev–Trinajstić information content (AvgIpc) is 3.03. The summed E-state index contributed by atoms with van der Waals surface area (Å²) in [5.74, 6) is -1.07. The average molecular weight is 347 g/mol. The van der Waals surface area contributed by atoms with E-state index < -0.39 is 23.5 Å². The molecule has 3 aromatic rings. The number of carbonyl (C=O) groups excluding carboxylic acids is 1. The Kier molecular flexibility index (Phi) is 4.56. The van der Waals surface area contributed by atoms with E-state index in [1.54, 1.807) is 12.1 Å². The van der Waals surface area contributed by atoms with Gasteiger partial charge < -0.3 is 9.15 Å². The zero-order valence-electron chi connectivity index (χ0n) is 12.8. The third-order valence-corrected chi connectivity index (χ3v) is 3.31. The molecule has 0 atom stereocenters. The molecule has 7 heteroatoms. The van der Waals surface area contributed by atoms with Crippen molar-refractivity contribution >= 4 is 5.97 Å². The van der Waals surface area contributed by atoms with Gasteiger partial charge in [0.2, 0.25) is 5.89 Å². The minimum absolute atomic E-state index is 0.272. The van der Waals surface area contributed by atoms with E-state index in [0.717, 1.165) is 17.7 Å². The van der Waals surface area contributed by atoms with Gasteiger partial charge in [-0.05, 0) is 24.3 Å². The van der Waals surface area contributed by atoms with E-state index >= 15 is 0 Å². The summed E-state index contributed by atoms with van der Waals surface area (Å²) in [7, 11) is 0. The molecule has 0 spiro atoms. The lowest BCUT2D eigenvalue weighted by Crippen LogP contribution is -2.15. The quantitative estimate of drug-likeness (QED) is 0.515. The van der Waals surface area contributed by atoms with Gasteiger partial charge in [-0.1, -0.05) is 30.3 Å². The number of oxazole rings is 1. The molecule has 1 heterocycles. The number of ether oxygens (including phenoxy) is 1. The fourth-order valence-corrected chi connectivity index (χ4v) is 2.20. The number of para-hydroxylation sites is 1. The highest BCUT2D eigenvalue weighted by Crippen LogP contribution is 2.36. The number of hydrogen-bond donors (Lipinski definition) is 0. The second kappa shape index (κ2) is 6.80. The standard InChI is InChI=1S/C18H12F3NO3/c19-18(20,21)14-8-4-5-9-15(14)25-16(23)10-13-11-24-17(22-13)12-6-2-1-3-7-12/h1-9,11H,10H2. The van der Waals surface area contributed by atoms with Gasteiger partial charge in [-0.3, -0.25) is 4.79 Å². The van der Waals surface area contributed by atoms with Crippen molar-refractivity contribution in [1.82, 2.24) is 4.98 Å². The SMILES string of the molecule is O=C(Cc1coc(-c2ccccc2)n1)Oc1ccccc1C(F)(F)F. The van der Waals surface area contributed by atoms with Crippen molar-refractivity contribution in [2.75, 3.05) is 0 Å². The van der Waals surface area contributed by atoms with Crippen LogP contribution in [0.25, 0.3) is 11.5 Å². The predicted octanol–water partition coefficient (Wildman–Crippen LogP) is 4.51. The first-order valence-electron chi connectivity index (χ1n) is 7.30. The van der Waals surface area contributed by atoms with E-state index in [-0.39, 0.29) is 12.1 Å². The third kappa shape index (κ3) is 4.06. The van der Waals surface area contributed by atoms with E-state index in [0.29, 0.717) is 5.89 Å². The Hall–Kier alpha value is -3.09. The molecule has 0 saturated heterocycles. The van der Waals surface area contributed by atoms with Crippen LogP contribution in [0.2, 0.25) is 0 Å². The summed E-state index contributed by atoms with van der Waals surface area (Å²) in [6, 6.07) is 13.6. The molecule has 0 radical (unpaired) electrons. The number of benzene rings is 2. The van der Waals surface area contributed by atoms with Gasteiger partial charge >= 0.3 is 12.1 Å². The Morgan fingerprint density at radius 1 is 1.04 bits per heavy atom. The molecular weight excluding hydrogens is 335 g/mol. The summed E-state index contributed by atoms with van der Waals surface area (Å²) < 4.78 is 48.8. The maximum Gasteiger partial charge on any atom is 0.419 e. The van der Waals surface area contributed by atoms with E-state index in [1.807, 2.05) is 18.2 Å². The molecule has 128 valence electrons. The smallest absolute Gasteiger partial charge is 0.419 e. The van der Waals surface area contributed by atoms with E-state index in [1.165, 1.54) is 18.4 Å². The molecule has 0 aliphatic carbocycles. The highest BCUT2D eigenvalue weighted by Gasteiger charge is 2.34. The van der Waals surface area contributed by atoms with E-state index in [4.69, 9.17) is 9.15 Å². The molecule has 0 aliphatic rings. The number of esters is 1. The van der Waals surface area contributed by atoms with E-state index in [9.17, 15) is 18.0 Å². The zero-order valence-corrected chi connectivity index (χ0v) is 12.8.